The molecule has 1 N–H and O–H groups in total. The molecule has 7 heteroatoms. The van der Waals surface area contributed by atoms with Gasteiger partial charge in [-0.15, -0.1) is 0 Å². The Morgan fingerprint density at radius 2 is 1.59 bits per heavy atom. The quantitative estimate of drug-likeness (QED) is 0.815. The van der Waals surface area contributed by atoms with Crippen LogP contribution in [0.4, 0.5) is 24.5 Å². The number of carbonyl (C=O) groups is 1. The van der Waals surface area contributed by atoms with Gasteiger partial charge in [0.15, 0.2) is 0 Å². The molecular formula is C22H26F3N3O. The predicted molar refractivity (Wildman–Crippen MR) is 109 cm³/mol. The Bertz CT molecular complexity index is 854. The number of aryl methyl sites for hydroxylation is 2. The lowest BCUT2D eigenvalue weighted by molar-refractivity contribution is -0.137. The third-order valence-electron chi connectivity index (χ3n) is 5.51. The standard InChI is InChI=1S/C22H26F3N3O/c1-15-6-4-7-16(2)20(15)26-21(29)17(3)27-10-12-28(13-11-27)19-9-5-8-18(14-19)22(23,24)25/h4-9,14,17H,10-13H2,1-3H3,(H,26,29)/t17-/m1/s1. The topological polar surface area (TPSA) is 35.6 Å². The van der Waals surface area contributed by atoms with Gasteiger partial charge in [0.25, 0.3) is 0 Å². The largest absolute Gasteiger partial charge is 0.416 e. The lowest BCUT2D eigenvalue weighted by atomic mass is 10.1. The highest BCUT2D eigenvalue weighted by Gasteiger charge is 2.31. The Morgan fingerprint density at radius 1 is 1.00 bits per heavy atom. The normalized spacial score (nSPS) is 16.6. The van der Waals surface area contributed by atoms with Gasteiger partial charge in [0.2, 0.25) is 5.91 Å². The van der Waals surface area contributed by atoms with E-state index in [0.717, 1.165) is 22.9 Å². The number of alkyl halides is 3. The monoisotopic (exact) mass is 405 g/mol. The first-order valence-electron chi connectivity index (χ1n) is 9.70. The first-order valence-corrected chi connectivity index (χ1v) is 9.70. The van der Waals surface area contributed by atoms with Crippen LogP contribution in [0.5, 0.6) is 0 Å². The highest BCUT2D eigenvalue weighted by Crippen LogP contribution is 2.32. The number of anilines is 2. The molecule has 2 aromatic carbocycles. The molecule has 0 unspecified atom stereocenters. The number of para-hydroxylation sites is 1. The van der Waals surface area contributed by atoms with Crippen LogP contribution in [0.2, 0.25) is 0 Å². The highest BCUT2D eigenvalue weighted by molar-refractivity contribution is 5.95. The lowest BCUT2D eigenvalue weighted by Gasteiger charge is -2.38. The maximum absolute atomic E-state index is 13.0. The second-order valence-electron chi connectivity index (χ2n) is 7.50. The van der Waals surface area contributed by atoms with Crippen molar-refractivity contribution in [3.8, 4) is 0 Å². The molecule has 156 valence electrons. The van der Waals surface area contributed by atoms with Gasteiger partial charge >= 0.3 is 6.18 Å². The van der Waals surface area contributed by atoms with Gasteiger partial charge in [0.1, 0.15) is 0 Å². The van der Waals surface area contributed by atoms with Crippen molar-refractivity contribution in [3.05, 3.63) is 59.2 Å². The predicted octanol–water partition coefficient (Wildman–Crippen LogP) is 4.47. The molecule has 1 fully saturated rings. The molecule has 0 radical (unpaired) electrons. The van der Waals surface area contributed by atoms with E-state index in [2.05, 4.69) is 10.2 Å². The van der Waals surface area contributed by atoms with Crippen molar-refractivity contribution < 1.29 is 18.0 Å². The van der Waals surface area contributed by atoms with Crippen molar-refractivity contribution in [2.24, 2.45) is 0 Å². The Morgan fingerprint density at radius 3 is 2.17 bits per heavy atom. The minimum absolute atomic E-state index is 0.0741. The minimum atomic E-state index is -4.35. The Hall–Kier alpha value is -2.54. The number of hydrogen-bond acceptors (Lipinski definition) is 3. The summed E-state index contributed by atoms with van der Waals surface area (Å²) in [7, 11) is 0. The number of hydrogen-bond donors (Lipinski definition) is 1. The van der Waals surface area contributed by atoms with Gasteiger partial charge in [0, 0.05) is 37.6 Å². The van der Waals surface area contributed by atoms with Crippen LogP contribution < -0.4 is 10.2 Å². The number of rotatable bonds is 4. The summed E-state index contributed by atoms with van der Waals surface area (Å²) in [4.78, 5) is 16.7. The summed E-state index contributed by atoms with van der Waals surface area (Å²) in [5.74, 6) is -0.0741. The van der Waals surface area contributed by atoms with Gasteiger partial charge in [0.05, 0.1) is 11.6 Å². The van der Waals surface area contributed by atoms with E-state index < -0.39 is 11.7 Å². The fourth-order valence-electron chi connectivity index (χ4n) is 3.65. The van der Waals surface area contributed by atoms with Crippen molar-refractivity contribution in [2.75, 3.05) is 36.4 Å². The van der Waals surface area contributed by atoms with Gasteiger partial charge in [-0.2, -0.15) is 13.2 Å². The molecule has 0 aromatic heterocycles. The molecule has 4 nitrogen and oxygen atoms in total. The molecule has 1 aliphatic heterocycles. The third kappa shape index (κ3) is 4.90. The van der Waals surface area contributed by atoms with E-state index in [-0.39, 0.29) is 11.9 Å². The van der Waals surface area contributed by atoms with Crippen LogP contribution in [0.3, 0.4) is 0 Å². The SMILES string of the molecule is Cc1cccc(C)c1NC(=O)[C@@H](C)N1CCN(c2cccc(C(F)(F)F)c2)CC1. The zero-order chi connectivity index (χ0) is 21.2. The Balaban J connectivity index is 1.61. The van der Waals surface area contributed by atoms with Crippen molar-refractivity contribution >= 4 is 17.3 Å². The Labute approximate surface area is 169 Å². The summed E-state index contributed by atoms with van der Waals surface area (Å²) in [6, 6.07) is 11.0. The number of nitrogens with zero attached hydrogens (tertiary/aromatic N) is 2. The maximum atomic E-state index is 13.0. The fraction of sp³-hybridized carbons (Fsp3) is 0.409. The number of amides is 1. The Kier molecular flexibility index (Phi) is 6.17. The highest BCUT2D eigenvalue weighted by atomic mass is 19.4. The van der Waals surface area contributed by atoms with E-state index in [0.29, 0.717) is 31.9 Å². The van der Waals surface area contributed by atoms with Gasteiger partial charge in [-0.3, -0.25) is 9.69 Å². The molecule has 3 rings (SSSR count). The lowest BCUT2D eigenvalue weighted by Crippen LogP contribution is -2.53. The number of halogens is 3. The van der Waals surface area contributed by atoms with E-state index in [1.54, 1.807) is 6.07 Å². The summed E-state index contributed by atoms with van der Waals surface area (Å²) < 4.78 is 38.9. The zero-order valence-corrected chi connectivity index (χ0v) is 16.9. The minimum Gasteiger partial charge on any atom is -0.369 e. The van der Waals surface area contributed by atoms with E-state index in [9.17, 15) is 18.0 Å². The molecule has 1 saturated heterocycles. The molecule has 1 aliphatic rings. The van der Waals surface area contributed by atoms with Crippen LogP contribution in [0.1, 0.15) is 23.6 Å². The molecule has 1 amide bonds. The molecule has 0 spiro atoms. The molecule has 1 heterocycles. The third-order valence-corrected chi connectivity index (χ3v) is 5.51. The van der Waals surface area contributed by atoms with Gasteiger partial charge in [-0.1, -0.05) is 24.3 Å². The van der Waals surface area contributed by atoms with Crippen LogP contribution in [0.25, 0.3) is 0 Å². The summed E-state index contributed by atoms with van der Waals surface area (Å²) in [5, 5.41) is 3.02. The molecule has 1 atom stereocenters. The van der Waals surface area contributed by atoms with Crippen LogP contribution in [0.15, 0.2) is 42.5 Å². The van der Waals surface area contributed by atoms with Crippen molar-refractivity contribution in [1.82, 2.24) is 4.90 Å². The summed E-state index contributed by atoms with van der Waals surface area (Å²) in [6.07, 6.45) is -4.35. The van der Waals surface area contributed by atoms with Gasteiger partial charge in [-0.05, 0) is 50.1 Å². The summed E-state index contributed by atoms with van der Waals surface area (Å²) in [6.45, 7) is 8.14. The van der Waals surface area contributed by atoms with E-state index >= 15 is 0 Å². The zero-order valence-electron chi connectivity index (χ0n) is 16.9. The first kappa shape index (κ1) is 21.2. The first-order chi connectivity index (χ1) is 13.7. The second-order valence-corrected chi connectivity index (χ2v) is 7.50. The van der Waals surface area contributed by atoms with E-state index in [1.807, 2.05) is 43.9 Å². The van der Waals surface area contributed by atoms with Crippen LogP contribution >= 0.6 is 0 Å². The van der Waals surface area contributed by atoms with Crippen LogP contribution in [0, 0.1) is 13.8 Å². The van der Waals surface area contributed by atoms with Crippen LogP contribution in [-0.2, 0) is 11.0 Å². The molecular weight excluding hydrogens is 379 g/mol. The van der Waals surface area contributed by atoms with E-state index in [1.165, 1.54) is 12.1 Å². The molecule has 0 saturated carbocycles. The summed E-state index contributed by atoms with van der Waals surface area (Å²) in [5.41, 5.74) is 2.79. The van der Waals surface area contributed by atoms with Crippen molar-refractivity contribution in [3.63, 3.8) is 0 Å². The number of piperazine rings is 1. The van der Waals surface area contributed by atoms with E-state index in [4.69, 9.17) is 0 Å². The van der Waals surface area contributed by atoms with Gasteiger partial charge < -0.3 is 10.2 Å². The van der Waals surface area contributed by atoms with Crippen molar-refractivity contribution in [2.45, 2.75) is 33.0 Å². The molecule has 29 heavy (non-hydrogen) atoms. The smallest absolute Gasteiger partial charge is 0.369 e. The molecule has 0 bridgehead atoms. The molecule has 0 aliphatic carbocycles. The average Bonchev–Trinajstić information content (AvgIpc) is 2.70. The van der Waals surface area contributed by atoms with Crippen LogP contribution in [-0.4, -0.2) is 43.0 Å². The van der Waals surface area contributed by atoms with Crippen molar-refractivity contribution in [1.29, 1.82) is 0 Å². The number of carbonyl (C=O) groups excluding carboxylic acids is 1. The fourth-order valence-corrected chi connectivity index (χ4v) is 3.65. The summed E-state index contributed by atoms with van der Waals surface area (Å²) >= 11 is 0. The maximum Gasteiger partial charge on any atom is 0.416 e. The number of benzene rings is 2. The average molecular weight is 405 g/mol. The molecule has 2 aromatic rings. The second kappa shape index (κ2) is 8.45. The van der Waals surface area contributed by atoms with Gasteiger partial charge in [-0.25, -0.2) is 0 Å². The number of nitrogens with one attached hydrogen (secondary N) is 1.